The van der Waals surface area contributed by atoms with Gasteiger partial charge in [-0.15, -0.1) is 0 Å². The lowest BCUT2D eigenvalue weighted by atomic mass is 10.1. The third-order valence-corrected chi connectivity index (χ3v) is 6.81. The van der Waals surface area contributed by atoms with Crippen molar-refractivity contribution in [3.8, 4) is 5.75 Å². The van der Waals surface area contributed by atoms with Gasteiger partial charge in [-0.2, -0.15) is 4.31 Å². The number of amides is 1. The van der Waals surface area contributed by atoms with Gasteiger partial charge in [0, 0.05) is 6.54 Å². The number of carbonyl (C=O) groups excluding carboxylic acids is 1. The molecular weight excluding hydrogens is 431 g/mol. The third kappa shape index (κ3) is 5.72. The normalized spacial score (nSPS) is 11.4. The number of nitrogens with one attached hydrogen (secondary N) is 1. The summed E-state index contributed by atoms with van der Waals surface area (Å²) in [5.41, 5.74) is 1.60. The van der Waals surface area contributed by atoms with Crippen molar-refractivity contribution < 1.29 is 22.3 Å². The first kappa shape index (κ1) is 23.4. The maximum absolute atomic E-state index is 13.9. The first-order valence-corrected chi connectivity index (χ1v) is 11.5. The van der Waals surface area contributed by atoms with E-state index in [0.717, 1.165) is 9.87 Å². The number of para-hydroxylation sites is 1. The summed E-state index contributed by atoms with van der Waals surface area (Å²) in [5, 5.41) is 2.45. The molecule has 0 saturated heterocycles. The zero-order valence-electron chi connectivity index (χ0n) is 17.9. The Morgan fingerprint density at radius 1 is 1.03 bits per heavy atom. The zero-order valence-corrected chi connectivity index (χ0v) is 18.7. The van der Waals surface area contributed by atoms with Crippen molar-refractivity contribution in [3.05, 3.63) is 89.7 Å². The summed E-state index contributed by atoms with van der Waals surface area (Å²) < 4.78 is 47.0. The zero-order chi connectivity index (χ0) is 23.1. The molecule has 0 radical (unpaired) electrons. The molecule has 1 N–H and O–H groups in total. The van der Waals surface area contributed by atoms with Crippen molar-refractivity contribution >= 4 is 21.6 Å². The summed E-state index contributed by atoms with van der Waals surface area (Å²) in [6.45, 7) is 1.38. The quantitative estimate of drug-likeness (QED) is 0.528. The van der Waals surface area contributed by atoms with E-state index in [1.165, 1.54) is 37.4 Å². The maximum atomic E-state index is 13.9. The molecule has 0 spiro atoms. The van der Waals surface area contributed by atoms with Crippen LogP contribution in [0.4, 0.5) is 10.1 Å². The van der Waals surface area contributed by atoms with Gasteiger partial charge >= 0.3 is 0 Å². The van der Waals surface area contributed by atoms with E-state index in [4.69, 9.17) is 4.74 Å². The van der Waals surface area contributed by atoms with Crippen molar-refractivity contribution in [1.29, 1.82) is 0 Å². The van der Waals surface area contributed by atoms with E-state index >= 15 is 0 Å². The standard InChI is InChI=1S/C24H25FN2O4S/c1-18-16-20(12-13-23(18)31-2)32(29,30)27(15-14-19-8-4-3-5-9-19)17-24(28)26-22-11-7-6-10-21(22)25/h3-13,16H,14-15,17H2,1-2H3,(H,26,28). The van der Waals surface area contributed by atoms with Gasteiger partial charge in [-0.25, -0.2) is 12.8 Å². The van der Waals surface area contributed by atoms with Crippen LogP contribution in [0.5, 0.6) is 5.75 Å². The minimum Gasteiger partial charge on any atom is -0.496 e. The average Bonchev–Trinajstić information content (AvgIpc) is 2.78. The Morgan fingerprint density at radius 3 is 2.38 bits per heavy atom. The fourth-order valence-electron chi connectivity index (χ4n) is 3.26. The molecule has 8 heteroatoms. The monoisotopic (exact) mass is 456 g/mol. The number of benzene rings is 3. The minimum absolute atomic E-state index is 0.00167. The third-order valence-electron chi connectivity index (χ3n) is 4.96. The van der Waals surface area contributed by atoms with E-state index in [0.29, 0.717) is 17.7 Å². The van der Waals surface area contributed by atoms with E-state index in [1.54, 1.807) is 19.1 Å². The SMILES string of the molecule is COc1ccc(S(=O)(=O)N(CCc2ccccc2)CC(=O)Nc2ccccc2F)cc1C. The number of sulfonamides is 1. The average molecular weight is 457 g/mol. The van der Waals surface area contributed by atoms with Crippen molar-refractivity contribution in [2.24, 2.45) is 0 Å². The second-order valence-corrected chi connectivity index (χ2v) is 9.17. The number of anilines is 1. The summed E-state index contributed by atoms with van der Waals surface area (Å²) >= 11 is 0. The van der Waals surface area contributed by atoms with Crippen LogP contribution in [0.1, 0.15) is 11.1 Å². The summed E-state index contributed by atoms with van der Waals surface area (Å²) in [6, 6.07) is 19.7. The van der Waals surface area contributed by atoms with Crippen molar-refractivity contribution in [3.63, 3.8) is 0 Å². The van der Waals surface area contributed by atoms with E-state index in [2.05, 4.69) is 5.32 Å². The number of nitrogens with zero attached hydrogens (tertiary/aromatic N) is 1. The first-order valence-electron chi connectivity index (χ1n) is 10.0. The molecule has 0 saturated carbocycles. The van der Waals surface area contributed by atoms with Crippen LogP contribution in [-0.2, 0) is 21.2 Å². The van der Waals surface area contributed by atoms with Crippen LogP contribution in [0.3, 0.4) is 0 Å². The highest BCUT2D eigenvalue weighted by atomic mass is 32.2. The molecule has 0 bridgehead atoms. The Hall–Kier alpha value is -3.23. The lowest BCUT2D eigenvalue weighted by Crippen LogP contribution is -2.39. The summed E-state index contributed by atoms with van der Waals surface area (Å²) in [6.07, 6.45) is 0.419. The predicted octanol–water partition coefficient (Wildman–Crippen LogP) is 4.01. The highest BCUT2D eigenvalue weighted by Crippen LogP contribution is 2.24. The van der Waals surface area contributed by atoms with Gasteiger partial charge in [0.05, 0.1) is 24.2 Å². The van der Waals surface area contributed by atoms with Crippen LogP contribution in [0.15, 0.2) is 77.7 Å². The Bertz CT molecular complexity index is 1180. The number of carbonyl (C=O) groups is 1. The fraction of sp³-hybridized carbons (Fsp3) is 0.208. The van der Waals surface area contributed by atoms with E-state index in [1.807, 2.05) is 30.3 Å². The number of aryl methyl sites for hydroxylation is 1. The molecule has 0 aliphatic heterocycles. The fourth-order valence-corrected chi connectivity index (χ4v) is 4.74. The number of methoxy groups -OCH3 is 1. The Morgan fingerprint density at radius 2 is 1.72 bits per heavy atom. The molecule has 0 fully saturated rings. The molecule has 0 heterocycles. The molecule has 3 aromatic carbocycles. The first-order chi connectivity index (χ1) is 15.3. The highest BCUT2D eigenvalue weighted by molar-refractivity contribution is 7.89. The predicted molar refractivity (Wildman–Crippen MR) is 122 cm³/mol. The molecule has 0 unspecified atom stereocenters. The molecule has 32 heavy (non-hydrogen) atoms. The number of halogens is 1. The van der Waals surface area contributed by atoms with Crippen LogP contribution in [0.2, 0.25) is 0 Å². The number of ether oxygens (including phenoxy) is 1. The van der Waals surface area contributed by atoms with Gasteiger partial charge in [0.15, 0.2) is 0 Å². The topological polar surface area (TPSA) is 75.7 Å². The maximum Gasteiger partial charge on any atom is 0.243 e. The number of hydrogen-bond acceptors (Lipinski definition) is 4. The van der Waals surface area contributed by atoms with Gasteiger partial charge in [-0.1, -0.05) is 42.5 Å². The largest absolute Gasteiger partial charge is 0.496 e. The Labute approximate surface area is 187 Å². The van der Waals surface area contributed by atoms with Gasteiger partial charge < -0.3 is 10.1 Å². The molecule has 168 valence electrons. The molecule has 1 amide bonds. The van der Waals surface area contributed by atoms with Crippen LogP contribution in [-0.4, -0.2) is 38.8 Å². The van der Waals surface area contributed by atoms with Gasteiger partial charge in [0.2, 0.25) is 15.9 Å². The van der Waals surface area contributed by atoms with Gasteiger partial charge in [0.25, 0.3) is 0 Å². The van der Waals surface area contributed by atoms with Gasteiger partial charge in [-0.05, 0) is 54.8 Å². The van der Waals surface area contributed by atoms with Crippen LogP contribution >= 0.6 is 0 Å². The summed E-state index contributed by atoms with van der Waals surface area (Å²) in [4.78, 5) is 12.7. The second kappa shape index (κ2) is 10.4. The summed E-state index contributed by atoms with van der Waals surface area (Å²) in [7, 11) is -2.48. The van der Waals surface area contributed by atoms with E-state index in [9.17, 15) is 17.6 Å². The van der Waals surface area contributed by atoms with Gasteiger partial charge in [0.1, 0.15) is 11.6 Å². The van der Waals surface area contributed by atoms with Crippen LogP contribution < -0.4 is 10.1 Å². The number of rotatable bonds is 9. The van der Waals surface area contributed by atoms with Crippen LogP contribution in [0.25, 0.3) is 0 Å². The second-order valence-electron chi connectivity index (χ2n) is 7.23. The summed E-state index contributed by atoms with van der Waals surface area (Å²) in [5.74, 6) is -0.653. The van der Waals surface area contributed by atoms with Crippen molar-refractivity contribution in [2.45, 2.75) is 18.2 Å². The van der Waals surface area contributed by atoms with Crippen molar-refractivity contribution in [1.82, 2.24) is 4.31 Å². The molecular formula is C24H25FN2O4S. The molecule has 0 aliphatic rings. The smallest absolute Gasteiger partial charge is 0.243 e. The molecule has 0 aromatic heterocycles. The Kier molecular flexibility index (Phi) is 7.61. The van der Waals surface area contributed by atoms with Gasteiger partial charge in [-0.3, -0.25) is 4.79 Å². The Balaban J connectivity index is 1.86. The van der Waals surface area contributed by atoms with E-state index < -0.39 is 28.3 Å². The molecule has 3 rings (SSSR count). The molecule has 0 aliphatic carbocycles. The molecule has 6 nitrogen and oxygen atoms in total. The van der Waals surface area contributed by atoms with Crippen LogP contribution in [0, 0.1) is 12.7 Å². The molecule has 3 aromatic rings. The van der Waals surface area contributed by atoms with E-state index in [-0.39, 0.29) is 17.1 Å². The van der Waals surface area contributed by atoms with Crippen molar-refractivity contribution in [2.75, 3.05) is 25.5 Å². The lowest BCUT2D eigenvalue weighted by Gasteiger charge is -2.22. The number of hydrogen-bond donors (Lipinski definition) is 1. The highest BCUT2D eigenvalue weighted by Gasteiger charge is 2.27. The minimum atomic E-state index is -3.99. The lowest BCUT2D eigenvalue weighted by molar-refractivity contribution is -0.116. The molecule has 0 atom stereocenters.